The zero-order chi connectivity index (χ0) is 12.7. The Morgan fingerprint density at radius 1 is 1.07 bits per heavy atom. The Bertz CT molecular complexity index is 206. The van der Waals surface area contributed by atoms with Crippen LogP contribution in [0, 0.1) is 0 Å². The molecule has 3 nitrogen and oxygen atoms in total. The molecule has 0 heterocycles. The van der Waals surface area contributed by atoms with Crippen molar-refractivity contribution in [3.05, 3.63) is 30.3 Å². The first kappa shape index (κ1) is 19.1. The third kappa shape index (κ3) is 32.6. The van der Waals surface area contributed by atoms with Crippen molar-refractivity contribution >= 4 is 11.7 Å². The SMILES string of the molecule is CC.CC.CC(=O)O.Nc1ccccc1. The number of nitrogens with two attached hydrogens (primary N) is 1. The zero-order valence-corrected chi connectivity index (χ0v) is 10.3. The van der Waals surface area contributed by atoms with Crippen molar-refractivity contribution in [1.82, 2.24) is 0 Å². The molecular formula is C12H23NO2. The van der Waals surface area contributed by atoms with Crippen LogP contribution in [0.4, 0.5) is 5.69 Å². The van der Waals surface area contributed by atoms with Crippen LogP contribution < -0.4 is 5.73 Å². The van der Waals surface area contributed by atoms with Crippen LogP contribution in [0.2, 0.25) is 0 Å². The van der Waals surface area contributed by atoms with Gasteiger partial charge in [-0.15, -0.1) is 0 Å². The maximum atomic E-state index is 9.00. The molecule has 1 aromatic carbocycles. The van der Waals surface area contributed by atoms with E-state index in [-0.39, 0.29) is 0 Å². The van der Waals surface area contributed by atoms with Gasteiger partial charge in [0.05, 0.1) is 0 Å². The van der Waals surface area contributed by atoms with E-state index >= 15 is 0 Å². The third-order valence-electron chi connectivity index (χ3n) is 0.800. The first-order chi connectivity index (χ1) is 7.13. The summed E-state index contributed by atoms with van der Waals surface area (Å²) in [5, 5.41) is 7.42. The summed E-state index contributed by atoms with van der Waals surface area (Å²) in [5.74, 6) is -0.833. The highest BCUT2D eigenvalue weighted by Gasteiger charge is 1.72. The van der Waals surface area contributed by atoms with Crippen molar-refractivity contribution in [3.8, 4) is 0 Å². The Morgan fingerprint density at radius 2 is 1.33 bits per heavy atom. The van der Waals surface area contributed by atoms with Crippen LogP contribution >= 0.6 is 0 Å². The molecule has 0 aliphatic heterocycles. The van der Waals surface area contributed by atoms with Gasteiger partial charge in [-0.2, -0.15) is 0 Å². The predicted molar refractivity (Wildman–Crippen MR) is 66.9 cm³/mol. The van der Waals surface area contributed by atoms with E-state index in [0.29, 0.717) is 0 Å². The lowest BCUT2D eigenvalue weighted by molar-refractivity contribution is -0.134. The van der Waals surface area contributed by atoms with Crippen molar-refractivity contribution in [3.63, 3.8) is 0 Å². The van der Waals surface area contributed by atoms with Gasteiger partial charge in [0, 0.05) is 12.6 Å². The molecule has 0 spiro atoms. The summed E-state index contributed by atoms with van der Waals surface area (Å²) in [4.78, 5) is 9.00. The molecule has 3 N–H and O–H groups in total. The van der Waals surface area contributed by atoms with E-state index in [4.69, 9.17) is 15.6 Å². The normalized spacial score (nSPS) is 6.47. The van der Waals surface area contributed by atoms with Crippen LogP contribution in [0.15, 0.2) is 30.3 Å². The van der Waals surface area contributed by atoms with Crippen molar-refractivity contribution < 1.29 is 9.90 Å². The largest absolute Gasteiger partial charge is 0.481 e. The molecule has 0 bridgehead atoms. The van der Waals surface area contributed by atoms with Gasteiger partial charge in [-0.1, -0.05) is 45.9 Å². The second kappa shape index (κ2) is 18.3. The molecular weight excluding hydrogens is 190 g/mol. The Kier molecular flexibility index (Phi) is 23.3. The molecule has 0 aromatic heterocycles. The Morgan fingerprint density at radius 3 is 1.47 bits per heavy atom. The fraction of sp³-hybridized carbons (Fsp3) is 0.417. The number of para-hydroxylation sites is 1. The highest BCUT2D eigenvalue weighted by atomic mass is 16.4. The molecule has 0 amide bonds. The molecule has 0 radical (unpaired) electrons. The topological polar surface area (TPSA) is 63.3 Å². The minimum Gasteiger partial charge on any atom is -0.481 e. The van der Waals surface area contributed by atoms with Gasteiger partial charge in [-0.25, -0.2) is 0 Å². The average molecular weight is 213 g/mol. The number of aliphatic carboxylic acids is 1. The first-order valence-electron chi connectivity index (χ1n) is 5.13. The maximum absolute atomic E-state index is 9.00. The van der Waals surface area contributed by atoms with Crippen LogP contribution in [-0.2, 0) is 4.79 Å². The van der Waals surface area contributed by atoms with E-state index in [1.54, 1.807) is 0 Å². The summed E-state index contributed by atoms with van der Waals surface area (Å²) < 4.78 is 0. The second-order valence-electron chi connectivity index (χ2n) is 1.93. The lowest BCUT2D eigenvalue weighted by Gasteiger charge is -1.83. The highest BCUT2D eigenvalue weighted by Crippen LogP contribution is 1.95. The zero-order valence-electron chi connectivity index (χ0n) is 10.3. The van der Waals surface area contributed by atoms with Gasteiger partial charge < -0.3 is 10.8 Å². The van der Waals surface area contributed by atoms with Crippen molar-refractivity contribution in [2.24, 2.45) is 0 Å². The first-order valence-corrected chi connectivity index (χ1v) is 5.13. The second-order valence-corrected chi connectivity index (χ2v) is 1.93. The number of hydrogen-bond donors (Lipinski definition) is 2. The molecule has 0 saturated heterocycles. The minimum absolute atomic E-state index is 0.822. The van der Waals surface area contributed by atoms with E-state index in [0.717, 1.165) is 12.6 Å². The summed E-state index contributed by atoms with van der Waals surface area (Å²) in [5.41, 5.74) is 6.18. The molecule has 0 aliphatic rings. The number of carbonyl (C=O) groups is 1. The molecule has 0 aliphatic carbocycles. The number of hydrogen-bond acceptors (Lipinski definition) is 2. The highest BCUT2D eigenvalue weighted by molar-refractivity contribution is 5.62. The summed E-state index contributed by atoms with van der Waals surface area (Å²) in [6, 6.07) is 9.49. The fourth-order valence-corrected chi connectivity index (χ4v) is 0.453. The van der Waals surface area contributed by atoms with Gasteiger partial charge >= 0.3 is 0 Å². The summed E-state index contributed by atoms with van der Waals surface area (Å²) >= 11 is 0. The average Bonchev–Trinajstić information content (AvgIpc) is 2.24. The summed E-state index contributed by atoms with van der Waals surface area (Å²) in [6.45, 7) is 9.08. The van der Waals surface area contributed by atoms with Gasteiger partial charge in [0.1, 0.15) is 0 Å². The third-order valence-corrected chi connectivity index (χ3v) is 0.800. The predicted octanol–water partition coefficient (Wildman–Crippen LogP) is 3.41. The van der Waals surface area contributed by atoms with Gasteiger partial charge in [-0.3, -0.25) is 4.79 Å². The van der Waals surface area contributed by atoms with Crippen molar-refractivity contribution in [2.45, 2.75) is 34.6 Å². The van der Waals surface area contributed by atoms with Gasteiger partial charge in [0.25, 0.3) is 5.97 Å². The minimum atomic E-state index is -0.833. The Hall–Kier alpha value is -1.51. The molecule has 0 atom stereocenters. The number of carboxylic acid groups (broad SMARTS) is 1. The van der Waals surface area contributed by atoms with Crippen LogP contribution in [0.1, 0.15) is 34.6 Å². The number of carboxylic acids is 1. The van der Waals surface area contributed by atoms with E-state index < -0.39 is 5.97 Å². The quantitative estimate of drug-likeness (QED) is 0.649. The van der Waals surface area contributed by atoms with E-state index in [2.05, 4.69) is 0 Å². The van der Waals surface area contributed by atoms with Crippen LogP contribution in [0.5, 0.6) is 0 Å². The van der Waals surface area contributed by atoms with Crippen LogP contribution in [0.3, 0.4) is 0 Å². The molecule has 15 heavy (non-hydrogen) atoms. The molecule has 1 aromatic rings. The van der Waals surface area contributed by atoms with Crippen LogP contribution in [0.25, 0.3) is 0 Å². The van der Waals surface area contributed by atoms with Crippen molar-refractivity contribution in [2.75, 3.05) is 5.73 Å². The Balaban J connectivity index is -0.000000156. The lowest BCUT2D eigenvalue weighted by Crippen LogP contribution is -1.79. The molecule has 0 unspecified atom stereocenters. The Labute approximate surface area is 92.9 Å². The fourth-order valence-electron chi connectivity index (χ4n) is 0.453. The van der Waals surface area contributed by atoms with E-state index in [1.165, 1.54) is 0 Å². The van der Waals surface area contributed by atoms with Gasteiger partial charge in [-0.05, 0) is 12.1 Å². The molecule has 88 valence electrons. The number of benzene rings is 1. The number of rotatable bonds is 0. The van der Waals surface area contributed by atoms with Gasteiger partial charge in [0.15, 0.2) is 0 Å². The molecule has 3 heteroatoms. The van der Waals surface area contributed by atoms with E-state index in [9.17, 15) is 0 Å². The molecule has 1 rings (SSSR count). The van der Waals surface area contributed by atoms with E-state index in [1.807, 2.05) is 58.0 Å². The standard InChI is InChI=1S/C6H7N.C2H4O2.2C2H6/c7-6-4-2-1-3-5-6;1-2(3)4;2*1-2/h1-5H,7H2;1H3,(H,3,4);2*1-2H3. The van der Waals surface area contributed by atoms with Gasteiger partial charge in [0.2, 0.25) is 0 Å². The number of anilines is 1. The number of nitrogen functional groups attached to an aromatic ring is 1. The molecule has 0 saturated carbocycles. The monoisotopic (exact) mass is 213 g/mol. The molecule has 0 fully saturated rings. The lowest BCUT2D eigenvalue weighted by atomic mass is 10.3. The summed E-state index contributed by atoms with van der Waals surface area (Å²) in [6.07, 6.45) is 0. The summed E-state index contributed by atoms with van der Waals surface area (Å²) in [7, 11) is 0. The van der Waals surface area contributed by atoms with Crippen molar-refractivity contribution in [1.29, 1.82) is 0 Å². The van der Waals surface area contributed by atoms with Crippen LogP contribution in [-0.4, -0.2) is 11.1 Å². The maximum Gasteiger partial charge on any atom is 0.300 e. The smallest absolute Gasteiger partial charge is 0.300 e.